The van der Waals surface area contributed by atoms with Crippen LogP contribution in [0.4, 0.5) is 0 Å². The number of ether oxygens (including phenoxy) is 1. The summed E-state index contributed by atoms with van der Waals surface area (Å²) in [4.78, 5) is 2.40. The van der Waals surface area contributed by atoms with Crippen LogP contribution in [0.25, 0.3) is 0 Å². The van der Waals surface area contributed by atoms with Gasteiger partial charge in [-0.1, -0.05) is 6.92 Å². The lowest BCUT2D eigenvalue weighted by atomic mass is 10.3. The molecule has 0 saturated carbocycles. The van der Waals surface area contributed by atoms with Crippen LogP contribution in [0.5, 0.6) is 0 Å². The summed E-state index contributed by atoms with van der Waals surface area (Å²) in [7, 11) is 0. The molecule has 1 rings (SSSR count). The van der Waals surface area contributed by atoms with Gasteiger partial charge >= 0.3 is 0 Å². The van der Waals surface area contributed by atoms with Crippen molar-refractivity contribution in [2.45, 2.75) is 39.5 Å². The van der Waals surface area contributed by atoms with Crippen molar-refractivity contribution in [1.82, 2.24) is 4.90 Å². The molecule has 1 saturated heterocycles. The largest absolute Gasteiger partial charge is 0.362 e. The molecule has 1 atom stereocenters. The Kier molecular flexibility index (Phi) is 2.69. The van der Waals surface area contributed by atoms with E-state index < -0.39 is 0 Å². The van der Waals surface area contributed by atoms with Gasteiger partial charge in [0.15, 0.2) is 0 Å². The summed E-state index contributed by atoms with van der Waals surface area (Å²) >= 11 is 0. The Morgan fingerprint density at radius 2 is 2.30 bits per heavy atom. The molecule has 0 aromatic carbocycles. The molecule has 1 fully saturated rings. The molecule has 0 N–H and O–H groups in total. The normalized spacial score (nSPS) is 28.2. The van der Waals surface area contributed by atoms with Gasteiger partial charge in [0.05, 0.1) is 6.61 Å². The van der Waals surface area contributed by atoms with E-state index in [9.17, 15) is 0 Å². The fraction of sp³-hybridized carbons (Fsp3) is 1.00. The minimum absolute atomic E-state index is 0.389. The van der Waals surface area contributed by atoms with E-state index in [1.54, 1.807) is 0 Å². The molecule has 0 aliphatic carbocycles. The van der Waals surface area contributed by atoms with Gasteiger partial charge in [0.1, 0.15) is 6.23 Å². The van der Waals surface area contributed by atoms with Crippen molar-refractivity contribution >= 4 is 0 Å². The number of rotatable bonds is 2. The molecule has 1 aliphatic rings. The van der Waals surface area contributed by atoms with Gasteiger partial charge in [-0.25, -0.2) is 0 Å². The molecular formula is C8H17NO. The van der Waals surface area contributed by atoms with Crippen LogP contribution in [0.2, 0.25) is 0 Å². The molecule has 60 valence electrons. The van der Waals surface area contributed by atoms with Gasteiger partial charge in [-0.3, -0.25) is 4.90 Å². The Hall–Kier alpha value is -0.0800. The van der Waals surface area contributed by atoms with Gasteiger partial charge in [0, 0.05) is 12.6 Å². The third-order valence-electron chi connectivity index (χ3n) is 2.04. The van der Waals surface area contributed by atoms with E-state index in [1.165, 1.54) is 0 Å². The van der Waals surface area contributed by atoms with E-state index in [-0.39, 0.29) is 0 Å². The van der Waals surface area contributed by atoms with Gasteiger partial charge in [-0.2, -0.15) is 0 Å². The summed E-state index contributed by atoms with van der Waals surface area (Å²) in [6.07, 6.45) is 1.50. The molecule has 1 heterocycles. The smallest absolute Gasteiger partial charge is 0.110 e. The Morgan fingerprint density at radius 3 is 2.70 bits per heavy atom. The molecule has 0 unspecified atom stereocenters. The van der Waals surface area contributed by atoms with Crippen molar-refractivity contribution in [1.29, 1.82) is 0 Å². The van der Waals surface area contributed by atoms with Crippen LogP contribution in [0.15, 0.2) is 0 Å². The molecule has 2 heteroatoms. The molecule has 1 aliphatic heterocycles. The molecule has 0 aromatic rings. The second-order valence-corrected chi connectivity index (χ2v) is 3.07. The first-order valence-corrected chi connectivity index (χ1v) is 4.13. The second kappa shape index (κ2) is 3.35. The van der Waals surface area contributed by atoms with Gasteiger partial charge in [-0.15, -0.1) is 0 Å². The summed E-state index contributed by atoms with van der Waals surface area (Å²) in [5.41, 5.74) is 0. The average Bonchev–Trinajstić information content (AvgIpc) is 2.33. The van der Waals surface area contributed by atoms with Gasteiger partial charge in [0.25, 0.3) is 0 Å². The van der Waals surface area contributed by atoms with Crippen LogP contribution in [-0.4, -0.2) is 30.3 Å². The maximum Gasteiger partial charge on any atom is 0.110 e. The lowest BCUT2D eigenvalue weighted by Crippen LogP contribution is -2.35. The quantitative estimate of drug-likeness (QED) is 0.580. The number of hydrogen-bond donors (Lipinski definition) is 0. The Labute approximate surface area is 63.2 Å². The third-order valence-corrected chi connectivity index (χ3v) is 2.04. The van der Waals surface area contributed by atoms with Crippen molar-refractivity contribution in [3.63, 3.8) is 0 Å². The first kappa shape index (κ1) is 8.02. The topological polar surface area (TPSA) is 12.5 Å². The summed E-state index contributed by atoms with van der Waals surface area (Å²) in [6, 6.07) is 0.632. The van der Waals surface area contributed by atoms with E-state index in [0.29, 0.717) is 12.3 Å². The summed E-state index contributed by atoms with van der Waals surface area (Å²) in [6.45, 7) is 8.63. The number of hydrogen-bond acceptors (Lipinski definition) is 2. The minimum atomic E-state index is 0.389. The monoisotopic (exact) mass is 143 g/mol. The first-order valence-electron chi connectivity index (χ1n) is 4.13. The van der Waals surface area contributed by atoms with Crippen LogP contribution in [0.1, 0.15) is 27.2 Å². The fourth-order valence-electron chi connectivity index (χ4n) is 1.48. The van der Waals surface area contributed by atoms with Crippen LogP contribution in [-0.2, 0) is 4.74 Å². The predicted octanol–water partition coefficient (Wildman–Crippen LogP) is 1.46. The van der Waals surface area contributed by atoms with Crippen molar-refractivity contribution in [3.05, 3.63) is 0 Å². The number of nitrogens with zero attached hydrogens (tertiary/aromatic N) is 1. The zero-order valence-corrected chi connectivity index (χ0v) is 7.13. The highest BCUT2D eigenvalue weighted by molar-refractivity contribution is 4.71. The van der Waals surface area contributed by atoms with Gasteiger partial charge in [-0.05, 0) is 20.3 Å². The van der Waals surface area contributed by atoms with Crippen molar-refractivity contribution < 1.29 is 4.74 Å². The first-order chi connectivity index (χ1) is 4.75. The van der Waals surface area contributed by atoms with Crippen molar-refractivity contribution in [2.75, 3.05) is 13.2 Å². The standard InChI is InChI=1S/C8H17NO/c1-4-8-9(7(2)3)5-6-10-8/h7-8H,4-6H2,1-3H3/t8-/m0/s1. The third kappa shape index (κ3) is 1.50. The summed E-state index contributed by atoms with van der Waals surface area (Å²) in [5.74, 6) is 0. The maximum atomic E-state index is 5.50. The van der Waals surface area contributed by atoms with Gasteiger partial charge in [0.2, 0.25) is 0 Å². The van der Waals surface area contributed by atoms with E-state index >= 15 is 0 Å². The minimum Gasteiger partial charge on any atom is -0.362 e. The fourth-order valence-corrected chi connectivity index (χ4v) is 1.48. The van der Waals surface area contributed by atoms with E-state index in [2.05, 4.69) is 25.7 Å². The van der Waals surface area contributed by atoms with Gasteiger partial charge < -0.3 is 4.74 Å². The van der Waals surface area contributed by atoms with E-state index in [0.717, 1.165) is 19.6 Å². The molecular weight excluding hydrogens is 126 g/mol. The molecule has 0 amide bonds. The summed E-state index contributed by atoms with van der Waals surface area (Å²) < 4.78 is 5.50. The predicted molar refractivity (Wildman–Crippen MR) is 41.9 cm³/mol. The maximum absolute atomic E-state index is 5.50. The van der Waals surface area contributed by atoms with Crippen LogP contribution in [0, 0.1) is 0 Å². The van der Waals surface area contributed by atoms with E-state index in [4.69, 9.17) is 4.74 Å². The van der Waals surface area contributed by atoms with Crippen LogP contribution >= 0.6 is 0 Å². The molecule has 0 spiro atoms. The highest BCUT2D eigenvalue weighted by Crippen LogP contribution is 2.15. The van der Waals surface area contributed by atoms with Crippen molar-refractivity contribution in [3.8, 4) is 0 Å². The SMILES string of the molecule is CC[C@@H]1OCCN1C(C)C. The highest BCUT2D eigenvalue weighted by Gasteiger charge is 2.24. The van der Waals surface area contributed by atoms with Crippen molar-refractivity contribution in [2.24, 2.45) is 0 Å². The lowest BCUT2D eigenvalue weighted by molar-refractivity contribution is 0.0171. The zero-order valence-electron chi connectivity index (χ0n) is 7.13. The molecule has 0 bridgehead atoms. The molecule has 2 nitrogen and oxygen atoms in total. The molecule has 10 heavy (non-hydrogen) atoms. The molecule has 0 aromatic heterocycles. The Morgan fingerprint density at radius 1 is 1.60 bits per heavy atom. The highest BCUT2D eigenvalue weighted by atomic mass is 16.5. The Balaban J connectivity index is 2.42. The van der Waals surface area contributed by atoms with E-state index in [1.807, 2.05) is 0 Å². The molecule has 0 radical (unpaired) electrons. The summed E-state index contributed by atoms with van der Waals surface area (Å²) in [5, 5.41) is 0. The second-order valence-electron chi connectivity index (χ2n) is 3.07. The lowest BCUT2D eigenvalue weighted by Gasteiger charge is -2.25. The Bertz CT molecular complexity index is 103. The zero-order chi connectivity index (χ0) is 7.56. The van der Waals surface area contributed by atoms with Crippen LogP contribution < -0.4 is 0 Å². The average molecular weight is 143 g/mol. The van der Waals surface area contributed by atoms with Crippen LogP contribution in [0.3, 0.4) is 0 Å².